The zero-order valence-corrected chi connectivity index (χ0v) is 7.27. The van der Waals surface area contributed by atoms with E-state index in [-0.39, 0.29) is 5.56 Å². The van der Waals surface area contributed by atoms with Gasteiger partial charge in [-0.05, 0) is 18.2 Å². The SMILES string of the molecule is O=C(O)c1cccc(N2C=CNN2)c1. The van der Waals surface area contributed by atoms with E-state index >= 15 is 0 Å². The molecule has 0 bridgehead atoms. The highest BCUT2D eigenvalue weighted by atomic mass is 16.4. The Bertz CT molecular complexity index is 389. The van der Waals surface area contributed by atoms with Crippen LogP contribution >= 0.6 is 0 Å². The van der Waals surface area contributed by atoms with Crippen LogP contribution in [-0.4, -0.2) is 11.1 Å². The first-order chi connectivity index (χ1) is 6.77. The number of hydrogen-bond donors (Lipinski definition) is 3. The van der Waals surface area contributed by atoms with E-state index in [1.54, 1.807) is 35.6 Å². The maximum atomic E-state index is 10.7. The number of benzene rings is 1. The van der Waals surface area contributed by atoms with Crippen LogP contribution in [0.4, 0.5) is 5.69 Å². The van der Waals surface area contributed by atoms with Gasteiger partial charge in [-0.2, -0.15) is 0 Å². The summed E-state index contributed by atoms with van der Waals surface area (Å²) in [6.07, 6.45) is 3.48. The van der Waals surface area contributed by atoms with E-state index < -0.39 is 5.97 Å². The van der Waals surface area contributed by atoms with Crippen molar-refractivity contribution >= 4 is 11.7 Å². The van der Waals surface area contributed by atoms with Crippen molar-refractivity contribution < 1.29 is 9.90 Å². The van der Waals surface area contributed by atoms with Crippen molar-refractivity contribution in [2.75, 3.05) is 5.01 Å². The first kappa shape index (κ1) is 8.58. The van der Waals surface area contributed by atoms with Crippen LogP contribution in [0.25, 0.3) is 0 Å². The number of anilines is 1. The molecule has 5 nitrogen and oxygen atoms in total. The Morgan fingerprint density at radius 1 is 1.43 bits per heavy atom. The number of carbonyl (C=O) groups is 1. The van der Waals surface area contributed by atoms with Crippen LogP contribution in [0.15, 0.2) is 36.7 Å². The summed E-state index contributed by atoms with van der Waals surface area (Å²) in [6.45, 7) is 0. The Morgan fingerprint density at radius 3 is 2.93 bits per heavy atom. The fraction of sp³-hybridized carbons (Fsp3) is 0. The molecule has 1 aromatic carbocycles. The Hall–Kier alpha value is -2.01. The molecule has 0 aromatic heterocycles. The van der Waals surface area contributed by atoms with Crippen molar-refractivity contribution in [3.8, 4) is 0 Å². The number of nitrogens with zero attached hydrogens (tertiary/aromatic N) is 1. The van der Waals surface area contributed by atoms with Gasteiger partial charge in [-0.1, -0.05) is 6.07 Å². The summed E-state index contributed by atoms with van der Waals surface area (Å²) < 4.78 is 0. The smallest absolute Gasteiger partial charge is 0.335 e. The summed E-state index contributed by atoms with van der Waals surface area (Å²) in [6, 6.07) is 6.66. The summed E-state index contributed by atoms with van der Waals surface area (Å²) in [5.41, 5.74) is 6.62. The minimum Gasteiger partial charge on any atom is -0.478 e. The van der Waals surface area contributed by atoms with Gasteiger partial charge in [-0.3, -0.25) is 5.01 Å². The number of hydrogen-bond acceptors (Lipinski definition) is 4. The van der Waals surface area contributed by atoms with Crippen LogP contribution in [0.5, 0.6) is 0 Å². The summed E-state index contributed by atoms with van der Waals surface area (Å²) in [5.74, 6) is -0.928. The number of aromatic carboxylic acids is 1. The normalized spacial score (nSPS) is 14.1. The zero-order valence-electron chi connectivity index (χ0n) is 7.27. The fourth-order valence-electron chi connectivity index (χ4n) is 1.20. The van der Waals surface area contributed by atoms with Gasteiger partial charge in [0.15, 0.2) is 0 Å². The minimum absolute atomic E-state index is 0.268. The van der Waals surface area contributed by atoms with Crippen molar-refractivity contribution in [2.45, 2.75) is 0 Å². The second-order valence-corrected chi connectivity index (χ2v) is 2.80. The average molecular weight is 191 g/mol. The molecule has 0 atom stereocenters. The molecule has 0 saturated heterocycles. The van der Waals surface area contributed by atoms with E-state index in [1.807, 2.05) is 6.07 Å². The van der Waals surface area contributed by atoms with E-state index in [4.69, 9.17) is 5.11 Å². The van der Waals surface area contributed by atoms with Crippen molar-refractivity contribution in [2.24, 2.45) is 0 Å². The van der Waals surface area contributed by atoms with Gasteiger partial charge in [-0.25, -0.2) is 4.79 Å². The lowest BCUT2D eigenvalue weighted by molar-refractivity contribution is 0.0697. The van der Waals surface area contributed by atoms with Gasteiger partial charge in [-0.15, -0.1) is 5.53 Å². The highest BCUT2D eigenvalue weighted by Gasteiger charge is 2.08. The van der Waals surface area contributed by atoms with Gasteiger partial charge in [0.2, 0.25) is 0 Å². The van der Waals surface area contributed by atoms with E-state index in [0.29, 0.717) is 0 Å². The molecule has 3 N–H and O–H groups in total. The van der Waals surface area contributed by atoms with Gasteiger partial charge in [0.05, 0.1) is 11.3 Å². The van der Waals surface area contributed by atoms with Gasteiger partial charge in [0.1, 0.15) is 0 Å². The van der Waals surface area contributed by atoms with Crippen molar-refractivity contribution in [3.05, 3.63) is 42.2 Å². The topological polar surface area (TPSA) is 64.6 Å². The highest BCUT2D eigenvalue weighted by Crippen LogP contribution is 2.15. The molecule has 0 fully saturated rings. The molecule has 1 aliphatic rings. The Morgan fingerprint density at radius 2 is 2.29 bits per heavy atom. The fourth-order valence-corrected chi connectivity index (χ4v) is 1.20. The molecule has 0 spiro atoms. The Labute approximate surface area is 80.6 Å². The number of rotatable bonds is 2. The van der Waals surface area contributed by atoms with E-state index in [2.05, 4.69) is 11.0 Å². The highest BCUT2D eigenvalue weighted by molar-refractivity contribution is 5.88. The molecule has 1 aromatic rings. The molecular weight excluding hydrogens is 182 g/mol. The number of carboxylic acids is 1. The van der Waals surface area contributed by atoms with Gasteiger partial charge >= 0.3 is 5.97 Å². The minimum atomic E-state index is -0.928. The number of carboxylic acid groups (broad SMARTS) is 1. The summed E-state index contributed by atoms with van der Waals surface area (Å²) in [5, 5.41) is 10.5. The summed E-state index contributed by atoms with van der Waals surface area (Å²) >= 11 is 0. The zero-order chi connectivity index (χ0) is 9.97. The third kappa shape index (κ3) is 1.53. The van der Waals surface area contributed by atoms with Crippen LogP contribution in [0.1, 0.15) is 10.4 Å². The monoisotopic (exact) mass is 191 g/mol. The quantitative estimate of drug-likeness (QED) is 0.641. The van der Waals surface area contributed by atoms with Crippen LogP contribution < -0.4 is 16.0 Å². The van der Waals surface area contributed by atoms with Crippen LogP contribution in [0.2, 0.25) is 0 Å². The molecule has 14 heavy (non-hydrogen) atoms. The van der Waals surface area contributed by atoms with Crippen molar-refractivity contribution in [1.82, 2.24) is 11.0 Å². The first-order valence-corrected chi connectivity index (χ1v) is 4.08. The maximum absolute atomic E-state index is 10.7. The lowest BCUT2D eigenvalue weighted by Gasteiger charge is -2.15. The van der Waals surface area contributed by atoms with Crippen LogP contribution in [0, 0.1) is 0 Å². The third-order valence-corrected chi connectivity index (χ3v) is 1.86. The summed E-state index contributed by atoms with van der Waals surface area (Å²) in [7, 11) is 0. The molecule has 72 valence electrons. The van der Waals surface area contributed by atoms with E-state index in [1.165, 1.54) is 0 Å². The molecule has 1 aliphatic heterocycles. The molecule has 0 saturated carbocycles. The second kappa shape index (κ2) is 3.39. The molecule has 0 radical (unpaired) electrons. The predicted octanol–water partition coefficient (Wildman–Crippen LogP) is 0.685. The molecule has 1 heterocycles. The second-order valence-electron chi connectivity index (χ2n) is 2.80. The predicted molar refractivity (Wildman–Crippen MR) is 51.3 cm³/mol. The first-order valence-electron chi connectivity index (χ1n) is 4.08. The molecular formula is C9H9N3O2. The maximum Gasteiger partial charge on any atom is 0.335 e. The lowest BCUT2D eigenvalue weighted by Crippen LogP contribution is -2.35. The van der Waals surface area contributed by atoms with E-state index in [9.17, 15) is 4.79 Å². The van der Waals surface area contributed by atoms with Crippen molar-refractivity contribution in [1.29, 1.82) is 0 Å². The average Bonchev–Trinajstić information content (AvgIpc) is 2.71. The largest absolute Gasteiger partial charge is 0.478 e. The Kier molecular flexibility index (Phi) is 2.08. The Balaban J connectivity index is 2.30. The van der Waals surface area contributed by atoms with Gasteiger partial charge in [0, 0.05) is 12.4 Å². The van der Waals surface area contributed by atoms with Gasteiger partial charge < -0.3 is 10.5 Å². The standard InChI is InChI=1S/C9H9N3O2/c13-9(14)7-2-1-3-8(6-7)12-5-4-10-11-12/h1-6,10-11H,(H,13,14). The lowest BCUT2D eigenvalue weighted by atomic mass is 10.2. The molecule has 0 aliphatic carbocycles. The van der Waals surface area contributed by atoms with Gasteiger partial charge in [0.25, 0.3) is 0 Å². The molecule has 2 rings (SSSR count). The molecule has 5 heteroatoms. The number of hydrazine groups is 2. The summed E-state index contributed by atoms with van der Waals surface area (Å²) in [4.78, 5) is 10.7. The van der Waals surface area contributed by atoms with Crippen LogP contribution in [0.3, 0.4) is 0 Å². The number of nitrogens with one attached hydrogen (secondary N) is 2. The van der Waals surface area contributed by atoms with E-state index in [0.717, 1.165) is 5.69 Å². The molecule has 0 amide bonds. The van der Waals surface area contributed by atoms with Crippen molar-refractivity contribution in [3.63, 3.8) is 0 Å². The van der Waals surface area contributed by atoms with Crippen LogP contribution in [-0.2, 0) is 0 Å². The third-order valence-electron chi connectivity index (χ3n) is 1.86. The molecule has 0 unspecified atom stereocenters.